The molecule has 0 saturated carbocycles. The number of amides is 1. The minimum absolute atomic E-state index is 0.0191. The molecule has 158 valence electrons. The number of hydrogen-bond donors (Lipinski definition) is 2. The molecule has 0 atom stereocenters. The van der Waals surface area contributed by atoms with Crippen LogP contribution in [-0.2, 0) is 16.1 Å². The Labute approximate surface area is 177 Å². The molecule has 0 bridgehead atoms. The Kier molecular flexibility index (Phi) is 6.90. The normalized spacial score (nSPS) is 11.1. The molecule has 6 heteroatoms. The van der Waals surface area contributed by atoms with E-state index in [1.165, 1.54) is 13.3 Å². The SMILES string of the molecule is CCCn1c(-c2ccc(NC(=O)COC)cc2)c(C=N)c2ccc(OC(C)C)cc21. The Balaban J connectivity index is 2.08. The van der Waals surface area contributed by atoms with Crippen molar-refractivity contribution in [3.05, 3.63) is 48.0 Å². The van der Waals surface area contributed by atoms with E-state index in [-0.39, 0.29) is 18.6 Å². The van der Waals surface area contributed by atoms with Crippen molar-refractivity contribution in [2.24, 2.45) is 0 Å². The van der Waals surface area contributed by atoms with Gasteiger partial charge < -0.3 is 24.8 Å². The molecule has 6 nitrogen and oxygen atoms in total. The summed E-state index contributed by atoms with van der Waals surface area (Å²) in [6, 6.07) is 13.7. The van der Waals surface area contributed by atoms with Crippen molar-refractivity contribution in [1.29, 1.82) is 5.41 Å². The van der Waals surface area contributed by atoms with E-state index in [4.69, 9.17) is 14.9 Å². The van der Waals surface area contributed by atoms with Gasteiger partial charge >= 0.3 is 0 Å². The number of methoxy groups -OCH3 is 1. The first-order valence-corrected chi connectivity index (χ1v) is 10.2. The quantitative estimate of drug-likeness (QED) is 0.485. The van der Waals surface area contributed by atoms with Crippen LogP contribution in [0.1, 0.15) is 32.8 Å². The molecule has 1 amide bonds. The summed E-state index contributed by atoms with van der Waals surface area (Å²) in [6.07, 6.45) is 2.48. The minimum atomic E-state index is -0.191. The Morgan fingerprint density at radius 2 is 1.93 bits per heavy atom. The van der Waals surface area contributed by atoms with Crippen LogP contribution in [0.25, 0.3) is 22.2 Å². The summed E-state index contributed by atoms with van der Waals surface area (Å²) in [6.45, 7) is 7.01. The molecular weight excluding hydrogens is 378 g/mol. The zero-order valence-corrected chi connectivity index (χ0v) is 18.0. The van der Waals surface area contributed by atoms with Gasteiger partial charge in [-0.3, -0.25) is 4.79 Å². The van der Waals surface area contributed by atoms with Crippen LogP contribution in [0.2, 0.25) is 0 Å². The number of rotatable bonds is 9. The number of hydrogen-bond acceptors (Lipinski definition) is 4. The van der Waals surface area contributed by atoms with Gasteiger partial charge in [0.2, 0.25) is 5.91 Å². The third-order valence-electron chi connectivity index (χ3n) is 4.76. The number of aromatic nitrogens is 1. The first-order chi connectivity index (χ1) is 14.5. The number of nitrogens with one attached hydrogen (secondary N) is 2. The van der Waals surface area contributed by atoms with Crippen molar-refractivity contribution in [3.8, 4) is 17.0 Å². The number of nitrogens with zero attached hydrogens (tertiary/aromatic N) is 1. The van der Waals surface area contributed by atoms with E-state index in [1.54, 1.807) is 0 Å². The first kappa shape index (κ1) is 21.6. The average molecular weight is 408 g/mol. The van der Waals surface area contributed by atoms with Gasteiger partial charge in [0.25, 0.3) is 0 Å². The Morgan fingerprint density at radius 3 is 2.53 bits per heavy atom. The van der Waals surface area contributed by atoms with Crippen LogP contribution < -0.4 is 10.1 Å². The highest BCUT2D eigenvalue weighted by Gasteiger charge is 2.18. The zero-order valence-electron chi connectivity index (χ0n) is 18.0. The van der Waals surface area contributed by atoms with Crippen molar-refractivity contribution < 1.29 is 14.3 Å². The van der Waals surface area contributed by atoms with Crippen molar-refractivity contribution in [1.82, 2.24) is 4.57 Å². The molecule has 0 spiro atoms. The lowest BCUT2D eigenvalue weighted by Gasteiger charge is -2.13. The number of fused-ring (bicyclic) bond motifs is 1. The molecule has 0 aliphatic carbocycles. The molecule has 0 aliphatic rings. The number of benzene rings is 2. The monoisotopic (exact) mass is 407 g/mol. The summed E-state index contributed by atoms with van der Waals surface area (Å²) in [4.78, 5) is 11.8. The fourth-order valence-electron chi connectivity index (χ4n) is 3.65. The molecule has 2 N–H and O–H groups in total. The van der Waals surface area contributed by atoms with Crippen molar-refractivity contribution >= 4 is 28.7 Å². The lowest BCUT2D eigenvalue weighted by atomic mass is 10.1. The predicted octanol–water partition coefficient (Wildman–Crippen LogP) is 5.09. The Morgan fingerprint density at radius 1 is 1.20 bits per heavy atom. The highest BCUT2D eigenvalue weighted by atomic mass is 16.5. The van der Waals surface area contributed by atoms with Crippen LogP contribution in [-0.4, -0.2) is 36.5 Å². The minimum Gasteiger partial charge on any atom is -0.491 e. The second-order valence-electron chi connectivity index (χ2n) is 7.46. The Hall–Kier alpha value is -3.12. The third-order valence-corrected chi connectivity index (χ3v) is 4.76. The summed E-state index contributed by atoms with van der Waals surface area (Å²) in [5.41, 5.74) is 4.64. The van der Waals surface area contributed by atoms with Gasteiger partial charge in [-0.1, -0.05) is 19.1 Å². The van der Waals surface area contributed by atoms with Gasteiger partial charge in [-0.25, -0.2) is 0 Å². The van der Waals surface area contributed by atoms with Gasteiger partial charge in [0, 0.05) is 42.6 Å². The van der Waals surface area contributed by atoms with Crippen molar-refractivity contribution in [2.45, 2.75) is 39.8 Å². The van der Waals surface area contributed by atoms with E-state index in [0.717, 1.165) is 46.4 Å². The summed E-state index contributed by atoms with van der Waals surface area (Å²) in [5.74, 6) is 0.634. The number of ether oxygens (including phenoxy) is 2. The second kappa shape index (κ2) is 9.59. The molecule has 3 rings (SSSR count). The van der Waals surface area contributed by atoms with E-state index < -0.39 is 0 Å². The van der Waals surface area contributed by atoms with Crippen molar-refractivity contribution in [2.75, 3.05) is 19.0 Å². The molecule has 0 saturated heterocycles. The number of aryl methyl sites for hydroxylation is 1. The summed E-state index contributed by atoms with van der Waals surface area (Å²) in [5, 5.41) is 11.9. The van der Waals surface area contributed by atoms with Crippen LogP contribution in [0.15, 0.2) is 42.5 Å². The predicted molar refractivity (Wildman–Crippen MR) is 122 cm³/mol. The van der Waals surface area contributed by atoms with E-state index in [2.05, 4.69) is 22.9 Å². The molecule has 1 aromatic heterocycles. The van der Waals surface area contributed by atoms with Gasteiger partial charge in [-0.15, -0.1) is 0 Å². The second-order valence-corrected chi connectivity index (χ2v) is 7.46. The van der Waals surface area contributed by atoms with E-state index in [0.29, 0.717) is 5.69 Å². The molecular formula is C24H29N3O3. The number of carbonyl (C=O) groups is 1. The van der Waals surface area contributed by atoms with E-state index in [9.17, 15) is 4.79 Å². The van der Waals surface area contributed by atoms with Gasteiger partial charge in [-0.2, -0.15) is 0 Å². The van der Waals surface area contributed by atoms with Gasteiger partial charge in [0.05, 0.1) is 17.3 Å². The lowest BCUT2D eigenvalue weighted by molar-refractivity contribution is -0.119. The van der Waals surface area contributed by atoms with Crippen molar-refractivity contribution in [3.63, 3.8) is 0 Å². The lowest BCUT2D eigenvalue weighted by Crippen LogP contribution is -2.16. The van der Waals surface area contributed by atoms with Crippen LogP contribution in [0, 0.1) is 5.41 Å². The standard InChI is InChI=1S/C24H29N3O3/c1-5-12-27-22-13-19(30-16(2)3)10-11-20(22)21(14-25)24(27)17-6-8-18(9-7-17)26-23(28)15-29-4/h6-11,13-14,16,25H,5,12,15H2,1-4H3,(H,26,28). The maximum atomic E-state index is 11.8. The average Bonchev–Trinajstić information content (AvgIpc) is 3.01. The third kappa shape index (κ3) is 4.54. The molecule has 0 fully saturated rings. The molecule has 30 heavy (non-hydrogen) atoms. The fraction of sp³-hybridized carbons (Fsp3) is 0.333. The van der Waals surface area contributed by atoms with Crippen LogP contribution in [0.3, 0.4) is 0 Å². The highest BCUT2D eigenvalue weighted by molar-refractivity contribution is 6.06. The zero-order chi connectivity index (χ0) is 21.7. The van der Waals surface area contributed by atoms with Crippen LogP contribution >= 0.6 is 0 Å². The summed E-state index contributed by atoms with van der Waals surface area (Å²) >= 11 is 0. The molecule has 3 aromatic rings. The van der Waals surface area contributed by atoms with Gasteiger partial charge in [-0.05, 0) is 50.1 Å². The fourth-order valence-corrected chi connectivity index (χ4v) is 3.65. The maximum Gasteiger partial charge on any atom is 0.250 e. The topological polar surface area (TPSA) is 76.3 Å². The highest BCUT2D eigenvalue weighted by Crippen LogP contribution is 2.35. The smallest absolute Gasteiger partial charge is 0.250 e. The first-order valence-electron chi connectivity index (χ1n) is 10.2. The van der Waals surface area contributed by atoms with Gasteiger partial charge in [0.1, 0.15) is 12.4 Å². The molecule has 0 radical (unpaired) electrons. The molecule has 0 aliphatic heterocycles. The van der Waals surface area contributed by atoms with Gasteiger partial charge in [0.15, 0.2) is 0 Å². The summed E-state index contributed by atoms with van der Waals surface area (Å²) in [7, 11) is 1.49. The molecule has 2 aromatic carbocycles. The maximum absolute atomic E-state index is 11.8. The van der Waals surface area contributed by atoms with E-state index in [1.807, 2.05) is 50.2 Å². The largest absolute Gasteiger partial charge is 0.491 e. The number of anilines is 1. The molecule has 1 heterocycles. The molecule has 0 unspecified atom stereocenters. The van der Waals surface area contributed by atoms with Crippen LogP contribution in [0.4, 0.5) is 5.69 Å². The van der Waals surface area contributed by atoms with Crippen LogP contribution in [0.5, 0.6) is 5.75 Å². The van der Waals surface area contributed by atoms with E-state index >= 15 is 0 Å². The number of carbonyl (C=O) groups excluding carboxylic acids is 1. The Bertz CT molecular complexity index is 1040. The summed E-state index contributed by atoms with van der Waals surface area (Å²) < 4.78 is 13.0.